The van der Waals surface area contributed by atoms with Crippen molar-refractivity contribution >= 4 is 28.5 Å². The summed E-state index contributed by atoms with van der Waals surface area (Å²) in [4.78, 5) is 32.9. The normalized spacial score (nSPS) is 11.7. The number of likely N-dealkylation sites (N-methyl/N-ethyl adjacent to an activating group) is 1. The second kappa shape index (κ2) is 11.2. The first-order valence-corrected chi connectivity index (χ1v) is 12.1. The first-order chi connectivity index (χ1) is 17.8. The Labute approximate surface area is 216 Å². The molecule has 0 bridgehead atoms. The lowest BCUT2D eigenvalue weighted by Crippen LogP contribution is -2.49. The van der Waals surface area contributed by atoms with E-state index >= 15 is 0 Å². The molecule has 0 saturated heterocycles. The predicted octanol–water partition coefficient (Wildman–Crippen LogP) is 4.06. The van der Waals surface area contributed by atoms with Gasteiger partial charge in [-0.25, -0.2) is 4.98 Å². The van der Waals surface area contributed by atoms with Crippen molar-refractivity contribution in [3.8, 4) is 11.5 Å². The van der Waals surface area contributed by atoms with Gasteiger partial charge in [0, 0.05) is 25.2 Å². The Morgan fingerprint density at radius 3 is 2.38 bits per heavy atom. The molecule has 1 atom stereocenters. The van der Waals surface area contributed by atoms with E-state index in [9.17, 15) is 9.59 Å². The van der Waals surface area contributed by atoms with Gasteiger partial charge in [0.15, 0.2) is 11.5 Å². The summed E-state index contributed by atoms with van der Waals surface area (Å²) >= 11 is 0. The molecule has 1 heterocycles. The number of nitrogens with zero attached hydrogens (tertiary/aromatic N) is 3. The number of hydrogen-bond acceptors (Lipinski definition) is 5. The molecule has 0 unspecified atom stereocenters. The van der Waals surface area contributed by atoms with Gasteiger partial charge in [-0.05, 0) is 42.7 Å². The largest absolute Gasteiger partial charge is 0.493 e. The molecule has 0 radical (unpaired) electrons. The van der Waals surface area contributed by atoms with Gasteiger partial charge in [-0.3, -0.25) is 9.59 Å². The third-order valence-electron chi connectivity index (χ3n) is 6.48. The number of carbonyl (C=O) groups excluding carboxylic acids is 2. The number of ether oxygens (including phenoxy) is 2. The molecule has 0 aliphatic heterocycles. The molecular weight excluding hydrogens is 468 g/mol. The minimum atomic E-state index is -0.773. The van der Waals surface area contributed by atoms with Crippen molar-refractivity contribution in [2.75, 3.05) is 26.2 Å². The molecule has 8 nitrogen and oxygen atoms in total. The molecule has 0 fully saturated rings. The average molecular weight is 501 g/mol. The van der Waals surface area contributed by atoms with E-state index in [-0.39, 0.29) is 18.4 Å². The Bertz CT molecular complexity index is 1410. The number of methoxy groups -OCH3 is 2. The quantitative estimate of drug-likeness (QED) is 0.375. The fourth-order valence-electron chi connectivity index (χ4n) is 4.45. The lowest BCUT2D eigenvalue weighted by Gasteiger charge is -2.25. The maximum atomic E-state index is 13.7. The van der Waals surface area contributed by atoms with Crippen LogP contribution in [0.25, 0.3) is 11.0 Å². The monoisotopic (exact) mass is 500 g/mol. The molecule has 0 aliphatic carbocycles. The van der Waals surface area contributed by atoms with E-state index in [1.54, 1.807) is 45.8 Å². The Morgan fingerprint density at radius 2 is 1.68 bits per heavy atom. The highest BCUT2D eigenvalue weighted by Crippen LogP contribution is 2.31. The van der Waals surface area contributed by atoms with Crippen LogP contribution in [-0.2, 0) is 22.6 Å². The molecule has 1 aromatic heterocycles. The Hall–Kier alpha value is -4.33. The standard InChI is InChI=1S/C29H32N4O4/c1-19-11-12-20(2)28-27(19)30-18-33(28)17-26(34)31-23(15-21-9-7-6-8-10-21)29(35)32(3)22-13-14-24(36-4)25(16-22)37-5/h6-14,16,18,23H,15,17H2,1-5H3,(H,31,34)/t23-/m0/s1. The zero-order valence-corrected chi connectivity index (χ0v) is 21.8. The van der Waals surface area contributed by atoms with E-state index < -0.39 is 6.04 Å². The second-order valence-electron chi connectivity index (χ2n) is 9.02. The van der Waals surface area contributed by atoms with Gasteiger partial charge in [-0.2, -0.15) is 0 Å². The first-order valence-electron chi connectivity index (χ1n) is 12.1. The highest BCUT2D eigenvalue weighted by atomic mass is 16.5. The Morgan fingerprint density at radius 1 is 0.973 bits per heavy atom. The van der Waals surface area contributed by atoms with Gasteiger partial charge in [0.05, 0.1) is 31.6 Å². The molecule has 4 rings (SSSR count). The number of aryl methyl sites for hydroxylation is 2. The summed E-state index contributed by atoms with van der Waals surface area (Å²) in [6.07, 6.45) is 2.03. The van der Waals surface area contributed by atoms with E-state index in [4.69, 9.17) is 9.47 Å². The van der Waals surface area contributed by atoms with Crippen molar-refractivity contribution in [1.82, 2.24) is 14.9 Å². The molecule has 192 valence electrons. The fraction of sp³-hybridized carbons (Fsp3) is 0.276. The summed E-state index contributed by atoms with van der Waals surface area (Å²) in [5.74, 6) is 0.572. The summed E-state index contributed by atoms with van der Waals surface area (Å²) < 4.78 is 12.5. The number of amides is 2. The van der Waals surface area contributed by atoms with Crippen LogP contribution in [0.2, 0.25) is 0 Å². The molecule has 0 aliphatic rings. The third-order valence-corrected chi connectivity index (χ3v) is 6.48. The molecule has 0 spiro atoms. The van der Waals surface area contributed by atoms with E-state index in [0.717, 1.165) is 27.7 Å². The lowest BCUT2D eigenvalue weighted by atomic mass is 10.0. The van der Waals surface area contributed by atoms with Gasteiger partial charge in [0.25, 0.3) is 0 Å². The highest BCUT2D eigenvalue weighted by Gasteiger charge is 2.26. The second-order valence-corrected chi connectivity index (χ2v) is 9.02. The first kappa shape index (κ1) is 25.8. The predicted molar refractivity (Wildman–Crippen MR) is 144 cm³/mol. The Balaban J connectivity index is 1.58. The van der Waals surface area contributed by atoms with Crippen molar-refractivity contribution in [3.63, 3.8) is 0 Å². The SMILES string of the molecule is COc1ccc(N(C)C(=O)[C@H](Cc2ccccc2)NC(=O)Cn2cnc3c(C)ccc(C)c32)cc1OC. The lowest BCUT2D eigenvalue weighted by molar-refractivity contribution is -0.127. The molecule has 1 N–H and O–H groups in total. The van der Waals surface area contributed by atoms with Gasteiger partial charge in [0.1, 0.15) is 12.6 Å². The minimum Gasteiger partial charge on any atom is -0.493 e. The van der Waals surface area contributed by atoms with Crippen LogP contribution in [0.3, 0.4) is 0 Å². The maximum absolute atomic E-state index is 13.7. The molecule has 0 saturated carbocycles. The topological polar surface area (TPSA) is 85.7 Å². The van der Waals surface area contributed by atoms with Crippen LogP contribution in [0.5, 0.6) is 11.5 Å². The number of aromatic nitrogens is 2. The number of carbonyl (C=O) groups is 2. The molecule has 2 amide bonds. The summed E-state index contributed by atoms with van der Waals surface area (Å²) in [5.41, 5.74) is 5.45. The van der Waals surface area contributed by atoms with Gasteiger partial charge in [0.2, 0.25) is 11.8 Å². The number of nitrogens with one attached hydrogen (secondary N) is 1. The van der Waals surface area contributed by atoms with Crippen LogP contribution in [0, 0.1) is 13.8 Å². The highest BCUT2D eigenvalue weighted by molar-refractivity contribution is 5.99. The van der Waals surface area contributed by atoms with Crippen molar-refractivity contribution < 1.29 is 19.1 Å². The number of benzene rings is 3. The van der Waals surface area contributed by atoms with Crippen LogP contribution in [0.1, 0.15) is 16.7 Å². The van der Waals surface area contributed by atoms with Crippen molar-refractivity contribution in [2.24, 2.45) is 0 Å². The summed E-state index contributed by atoms with van der Waals surface area (Å²) in [7, 11) is 4.79. The number of imidazole rings is 1. The van der Waals surface area contributed by atoms with Gasteiger partial charge >= 0.3 is 0 Å². The zero-order valence-electron chi connectivity index (χ0n) is 21.8. The molecule has 37 heavy (non-hydrogen) atoms. The molecule has 8 heteroatoms. The summed E-state index contributed by atoms with van der Waals surface area (Å²) in [5, 5.41) is 2.97. The number of fused-ring (bicyclic) bond motifs is 1. The maximum Gasteiger partial charge on any atom is 0.249 e. The minimum absolute atomic E-state index is 0.0550. The summed E-state index contributed by atoms with van der Waals surface area (Å²) in [6.45, 7) is 4.05. The Kier molecular flexibility index (Phi) is 7.77. The summed E-state index contributed by atoms with van der Waals surface area (Å²) in [6, 6.07) is 18.2. The molecule has 4 aromatic rings. The molecule has 3 aromatic carbocycles. The average Bonchev–Trinajstić information content (AvgIpc) is 3.34. The zero-order chi connectivity index (χ0) is 26.5. The fourth-order valence-corrected chi connectivity index (χ4v) is 4.45. The van der Waals surface area contributed by atoms with Crippen molar-refractivity contribution in [3.05, 3.63) is 83.7 Å². The van der Waals surface area contributed by atoms with Crippen LogP contribution < -0.4 is 19.7 Å². The van der Waals surface area contributed by atoms with Crippen LogP contribution in [-0.4, -0.2) is 48.7 Å². The van der Waals surface area contributed by atoms with E-state index in [1.165, 1.54) is 4.90 Å². The molecular formula is C29H32N4O4. The number of anilines is 1. The van der Waals surface area contributed by atoms with Gasteiger partial charge in [-0.1, -0.05) is 42.5 Å². The van der Waals surface area contributed by atoms with Gasteiger partial charge in [-0.15, -0.1) is 0 Å². The van der Waals surface area contributed by atoms with Crippen molar-refractivity contribution in [2.45, 2.75) is 32.9 Å². The van der Waals surface area contributed by atoms with E-state index in [0.29, 0.717) is 23.6 Å². The van der Waals surface area contributed by atoms with Crippen LogP contribution in [0.4, 0.5) is 5.69 Å². The smallest absolute Gasteiger partial charge is 0.249 e. The van der Waals surface area contributed by atoms with Gasteiger partial charge < -0.3 is 24.3 Å². The number of rotatable bonds is 9. The van der Waals surface area contributed by atoms with Crippen LogP contribution >= 0.6 is 0 Å². The van der Waals surface area contributed by atoms with E-state index in [2.05, 4.69) is 10.3 Å². The third kappa shape index (κ3) is 5.58. The van der Waals surface area contributed by atoms with E-state index in [1.807, 2.05) is 60.9 Å². The van der Waals surface area contributed by atoms with Crippen LogP contribution in [0.15, 0.2) is 67.0 Å². The number of hydrogen-bond donors (Lipinski definition) is 1. The van der Waals surface area contributed by atoms with Crippen molar-refractivity contribution in [1.29, 1.82) is 0 Å².